The number of anilines is 1. The van der Waals surface area contributed by atoms with E-state index >= 15 is 0 Å². The van der Waals surface area contributed by atoms with E-state index in [0.29, 0.717) is 5.02 Å². The SMILES string of the molecule is NCCCCCNc1ccc(Cl)cn1. The van der Waals surface area contributed by atoms with Gasteiger partial charge in [0.2, 0.25) is 0 Å². The van der Waals surface area contributed by atoms with Crippen molar-refractivity contribution in [1.82, 2.24) is 4.98 Å². The summed E-state index contributed by atoms with van der Waals surface area (Å²) in [7, 11) is 0. The number of nitrogens with two attached hydrogens (primary N) is 1. The molecule has 0 unspecified atom stereocenters. The van der Waals surface area contributed by atoms with Crippen LogP contribution >= 0.6 is 11.6 Å². The lowest BCUT2D eigenvalue weighted by Gasteiger charge is -2.04. The third kappa shape index (κ3) is 4.44. The Morgan fingerprint density at radius 2 is 2.14 bits per heavy atom. The summed E-state index contributed by atoms with van der Waals surface area (Å²) < 4.78 is 0. The van der Waals surface area contributed by atoms with Crippen molar-refractivity contribution in [2.45, 2.75) is 19.3 Å². The van der Waals surface area contributed by atoms with Crippen molar-refractivity contribution in [3.63, 3.8) is 0 Å². The first-order valence-corrected chi connectivity index (χ1v) is 5.26. The Hall–Kier alpha value is -0.800. The van der Waals surface area contributed by atoms with Crippen molar-refractivity contribution < 1.29 is 0 Å². The summed E-state index contributed by atoms with van der Waals surface area (Å²) in [5, 5.41) is 3.89. The summed E-state index contributed by atoms with van der Waals surface area (Å²) in [6.07, 6.45) is 5.03. The van der Waals surface area contributed by atoms with Gasteiger partial charge < -0.3 is 11.1 Å². The Balaban J connectivity index is 2.15. The molecule has 0 saturated heterocycles. The molecule has 1 rings (SSSR count). The van der Waals surface area contributed by atoms with Gasteiger partial charge in [-0.05, 0) is 31.5 Å². The molecular weight excluding hydrogens is 198 g/mol. The van der Waals surface area contributed by atoms with E-state index in [2.05, 4.69) is 10.3 Å². The van der Waals surface area contributed by atoms with Crippen molar-refractivity contribution in [2.24, 2.45) is 5.73 Å². The molecule has 0 spiro atoms. The number of aromatic nitrogens is 1. The van der Waals surface area contributed by atoms with E-state index in [1.165, 1.54) is 0 Å². The second-order valence-corrected chi connectivity index (χ2v) is 3.57. The van der Waals surface area contributed by atoms with Crippen LogP contribution in [0.5, 0.6) is 0 Å². The standard InChI is InChI=1S/C10H16ClN3/c11-9-4-5-10(14-8-9)13-7-3-1-2-6-12/h4-5,8H,1-3,6-7,12H2,(H,13,14). The molecule has 0 aliphatic heterocycles. The largest absolute Gasteiger partial charge is 0.370 e. The summed E-state index contributed by atoms with van der Waals surface area (Å²) in [5.41, 5.74) is 5.39. The number of nitrogens with zero attached hydrogens (tertiary/aromatic N) is 1. The van der Waals surface area contributed by atoms with Crippen molar-refractivity contribution in [3.8, 4) is 0 Å². The van der Waals surface area contributed by atoms with Crippen molar-refractivity contribution in [2.75, 3.05) is 18.4 Å². The molecule has 0 aromatic carbocycles. The molecule has 0 fully saturated rings. The average Bonchev–Trinajstić information content (AvgIpc) is 2.21. The lowest BCUT2D eigenvalue weighted by Crippen LogP contribution is -2.04. The molecule has 14 heavy (non-hydrogen) atoms. The summed E-state index contributed by atoms with van der Waals surface area (Å²) in [5.74, 6) is 0.877. The summed E-state index contributed by atoms with van der Waals surface area (Å²) in [6, 6.07) is 3.71. The molecule has 0 bridgehead atoms. The van der Waals surface area contributed by atoms with Gasteiger partial charge in [0.25, 0.3) is 0 Å². The van der Waals surface area contributed by atoms with Gasteiger partial charge in [0.15, 0.2) is 0 Å². The molecular formula is C10H16ClN3. The number of nitrogens with one attached hydrogen (secondary N) is 1. The van der Waals surface area contributed by atoms with Crippen molar-refractivity contribution in [3.05, 3.63) is 23.4 Å². The second kappa shape index (κ2) is 6.62. The van der Waals surface area contributed by atoms with E-state index in [9.17, 15) is 0 Å². The van der Waals surface area contributed by atoms with Crippen LogP contribution in [-0.2, 0) is 0 Å². The maximum Gasteiger partial charge on any atom is 0.125 e. The molecule has 0 radical (unpaired) electrons. The van der Waals surface area contributed by atoms with Gasteiger partial charge in [0.1, 0.15) is 5.82 Å². The maximum absolute atomic E-state index is 5.71. The van der Waals surface area contributed by atoms with Gasteiger partial charge in [-0.3, -0.25) is 0 Å². The Morgan fingerprint density at radius 1 is 1.29 bits per heavy atom. The molecule has 0 amide bonds. The second-order valence-electron chi connectivity index (χ2n) is 3.14. The van der Waals surface area contributed by atoms with Gasteiger partial charge in [0, 0.05) is 12.7 Å². The maximum atomic E-state index is 5.71. The Bertz CT molecular complexity index is 248. The van der Waals surface area contributed by atoms with Crippen LogP contribution in [0.25, 0.3) is 0 Å². The van der Waals surface area contributed by atoms with Crippen molar-refractivity contribution in [1.29, 1.82) is 0 Å². The molecule has 1 aromatic rings. The Labute approximate surface area is 89.7 Å². The third-order valence-electron chi connectivity index (χ3n) is 1.91. The van der Waals surface area contributed by atoms with Crippen LogP contribution in [0, 0.1) is 0 Å². The molecule has 78 valence electrons. The van der Waals surface area contributed by atoms with Crippen LogP contribution in [0.2, 0.25) is 5.02 Å². The molecule has 1 heterocycles. The average molecular weight is 214 g/mol. The molecule has 3 N–H and O–H groups in total. The minimum atomic E-state index is 0.665. The topological polar surface area (TPSA) is 50.9 Å². The fourth-order valence-electron chi connectivity index (χ4n) is 1.14. The van der Waals surface area contributed by atoms with E-state index in [-0.39, 0.29) is 0 Å². The van der Waals surface area contributed by atoms with Crippen LogP contribution < -0.4 is 11.1 Å². The molecule has 0 saturated carbocycles. The zero-order valence-electron chi connectivity index (χ0n) is 8.17. The first-order valence-electron chi connectivity index (χ1n) is 4.88. The molecule has 0 aliphatic rings. The van der Waals surface area contributed by atoms with Gasteiger partial charge in [-0.25, -0.2) is 4.98 Å². The minimum absolute atomic E-state index is 0.665. The molecule has 4 heteroatoms. The van der Waals surface area contributed by atoms with Gasteiger partial charge >= 0.3 is 0 Å². The minimum Gasteiger partial charge on any atom is -0.370 e. The van der Waals surface area contributed by atoms with E-state index < -0.39 is 0 Å². The highest BCUT2D eigenvalue weighted by molar-refractivity contribution is 6.30. The fraction of sp³-hybridized carbons (Fsp3) is 0.500. The highest BCUT2D eigenvalue weighted by Gasteiger charge is 1.92. The van der Waals surface area contributed by atoms with Gasteiger partial charge in [-0.1, -0.05) is 18.0 Å². The first-order chi connectivity index (χ1) is 6.83. The summed E-state index contributed by atoms with van der Waals surface area (Å²) in [4.78, 5) is 4.13. The monoisotopic (exact) mass is 213 g/mol. The van der Waals surface area contributed by atoms with Crippen LogP contribution in [0.3, 0.4) is 0 Å². The zero-order chi connectivity index (χ0) is 10.2. The first kappa shape index (κ1) is 11.3. The highest BCUT2D eigenvalue weighted by Crippen LogP contribution is 2.09. The lowest BCUT2D eigenvalue weighted by molar-refractivity contribution is 0.706. The van der Waals surface area contributed by atoms with Crippen LogP contribution in [0.15, 0.2) is 18.3 Å². The van der Waals surface area contributed by atoms with E-state index in [4.69, 9.17) is 17.3 Å². The number of hydrogen-bond donors (Lipinski definition) is 2. The predicted molar refractivity (Wildman–Crippen MR) is 60.6 cm³/mol. The van der Waals surface area contributed by atoms with Gasteiger partial charge in [0.05, 0.1) is 5.02 Å². The number of unbranched alkanes of at least 4 members (excludes halogenated alkanes) is 2. The van der Waals surface area contributed by atoms with Gasteiger partial charge in [-0.2, -0.15) is 0 Å². The number of hydrogen-bond acceptors (Lipinski definition) is 3. The predicted octanol–water partition coefficient (Wildman–Crippen LogP) is 2.28. The smallest absolute Gasteiger partial charge is 0.125 e. The number of rotatable bonds is 6. The molecule has 0 aliphatic carbocycles. The third-order valence-corrected chi connectivity index (χ3v) is 2.14. The Kier molecular flexibility index (Phi) is 5.33. The molecule has 0 atom stereocenters. The van der Waals surface area contributed by atoms with Crippen molar-refractivity contribution >= 4 is 17.4 Å². The normalized spacial score (nSPS) is 10.1. The molecule has 1 aromatic heterocycles. The number of halogens is 1. The van der Waals surface area contributed by atoms with Crippen LogP contribution in [0.4, 0.5) is 5.82 Å². The lowest BCUT2D eigenvalue weighted by atomic mass is 10.2. The summed E-state index contributed by atoms with van der Waals surface area (Å²) in [6.45, 7) is 1.72. The van der Waals surface area contributed by atoms with Crippen LogP contribution in [-0.4, -0.2) is 18.1 Å². The fourth-order valence-corrected chi connectivity index (χ4v) is 1.25. The van der Waals surface area contributed by atoms with E-state index in [0.717, 1.165) is 38.2 Å². The highest BCUT2D eigenvalue weighted by atomic mass is 35.5. The number of pyridine rings is 1. The molecule has 3 nitrogen and oxygen atoms in total. The Morgan fingerprint density at radius 3 is 2.79 bits per heavy atom. The van der Waals surface area contributed by atoms with Crippen LogP contribution in [0.1, 0.15) is 19.3 Å². The van der Waals surface area contributed by atoms with Gasteiger partial charge in [-0.15, -0.1) is 0 Å². The van der Waals surface area contributed by atoms with E-state index in [1.807, 2.05) is 12.1 Å². The zero-order valence-corrected chi connectivity index (χ0v) is 8.93. The summed E-state index contributed by atoms with van der Waals surface area (Å²) >= 11 is 5.71. The van der Waals surface area contributed by atoms with E-state index in [1.54, 1.807) is 6.20 Å². The quantitative estimate of drug-likeness (QED) is 0.713.